The van der Waals surface area contributed by atoms with Crippen LogP contribution in [-0.4, -0.2) is 37.2 Å². The number of hydrogen-bond acceptors (Lipinski definition) is 6. The van der Waals surface area contributed by atoms with E-state index in [2.05, 4.69) is 179 Å². The monoisotopic (exact) mass is 1140 g/mol. The van der Waals surface area contributed by atoms with Crippen LogP contribution in [0.1, 0.15) is 290 Å². The predicted molar refractivity (Wildman–Crippen MR) is 362 cm³/mol. The highest BCUT2D eigenvalue weighted by atomic mass is 16.6. The van der Waals surface area contributed by atoms with Crippen molar-refractivity contribution in [2.24, 2.45) is 0 Å². The zero-order valence-electron chi connectivity index (χ0n) is 53.7. The van der Waals surface area contributed by atoms with Crippen LogP contribution in [0.2, 0.25) is 0 Å². The summed E-state index contributed by atoms with van der Waals surface area (Å²) in [4.78, 5) is 38.3. The Bertz CT molecular complexity index is 1840. The van der Waals surface area contributed by atoms with Gasteiger partial charge in [-0.05, 0) is 128 Å². The van der Waals surface area contributed by atoms with Gasteiger partial charge in [0.1, 0.15) is 13.2 Å². The van der Waals surface area contributed by atoms with Crippen LogP contribution in [0, 0.1) is 0 Å². The standard InChI is InChI=1S/C77H124O6/c1-4-7-10-13-16-19-22-24-26-28-30-32-33-34-35-36-37-38-39-40-41-42-43-45-46-48-50-52-55-58-61-64-67-70-76(79)82-73-74(72-81-75(78)69-66-63-60-57-54-21-18-15-12-9-6-3)83-77(80)71-68-65-62-59-56-53-51-49-47-44-31-29-27-25-23-20-17-14-11-8-5-2/h7-8,10-11,16-17,19-20,24-27,30-32,34-35,37-38,40-41,43-45,48,50,74H,4-6,9,12-15,18,21-23,28-29,33,36,39,42,46-47,49,51-73H2,1-3H3/b10-7-,11-8-,19-16-,20-17-,26-24-,27-25-,32-30-,35-34-,38-37-,41-40-,44-31-,45-43-,50-48-. The van der Waals surface area contributed by atoms with E-state index in [0.29, 0.717) is 19.3 Å². The second-order valence-electron chi connectivity index (χ2n) is 22.0. The minimum atomic E-state index is -0.797. The molecule has 0 aromatic carbocycles. The molecule has 0 aliphatic heterocycles. The largest absolute Gasteiger partial charge is 0.462 e. The van der Waals surface area contributed by atoms with E-state index in [9.17, 15) is 14.4 Å². The van der Waals surface area contributed by atoms with Gasteiger partial charge in [0, 0.05) is 19.3 Å². The van der Waals surface area contributed by atoms with Crippen molar-refractivity contribution in [3.8, 4) is 0 Å². The zero-order valence-corrected chi connectivity index (χ0v) is 53.7. The van der Waals surface area contributed by atoms with Crippen molar-refractivity contribution >= 4 is 17.9 Å². The van der Waals surface area contributed by atoms with E-state index in [1.54, 1.807) is 0 Å². The maximum absolute atomic E-state index is 12.9. The van der Waals surface area contributed by atoms with Crippen LogP contribution in [-0.2, 0) is 28.6 Å². The van der Waals surface area contributed by atoms with Crippen LogP contribution in [0.4, 0.5) is 0 Å². The number of hydrogen-bond donors (Lipinski definition) is 0. The molecule has 6 nitrogen and oxygen atoms in total. The van der Waals surface area contributed by atoms with Gasteiger partial charge in [0.15, 0.2) is 6.10 Å². The summed E-state index contributed by atoms with van der Waals surface area (Å²) in [6.07, 6.45) is 101. The summed E-state index contributed by atoms with van der Waals surface area (Å²) in [7, 11) is 0. The van der Waals surface area contributed by atoms with Crippen molar-refractivity contribution in [1.82, 2.24) is 0 Å². The Morgan fingerprint density at radius 2 is 0.470 bits per heavy atom. The minimum Gasteiger partial charge on any atom is -0.462 e. The third-order valence-corrected chi connectivity index (χ3v) is 14.0. The van der Waals surface area contributed by atoms with Gasteiger partial charge in [0.05, 0.1) is 0 Å². The fourth-order valence-corrected chi connectivity index (χ4v) is 9.01. The second-order valence-corrected chi connectivity index (χ2v) is 22.0. The Labute approximate surface area is 511 Å². The van der Waals surface area contributed by atoms with Gasteiger partial charge in [-0.15, -0.1) is 0 Å². The van der Waals surface area contributed by atoms with Gasteiger partial charge in [-0.3, -0.25) is 14.4 Å². The molecule has 0 rings (SSSR count). The summed E-state index contributed by atoms with van der Waals surface area (Å²) in [5.41, 5.74) is 0. The first kappa shape index (κ1) is 78.0. The average molecular weight is 1150 g/mol. The summed E-state index contributed by atoms with van der Waals surface area (Å²) in [6, 6.07) is 0. The lowest BCUT2D eigenvalue weighted by Crippen LogP contribution is -2.30. The Kier molecular flexibility index (Phi) is 65.4. The number of esters is 3. The lowest BCUT2D eigenvalue weighted by Gasteiger charge is -2.18. The zero-order chi connectivity index (χ0) is 59.9. The molecule has 0 N–H and O–H groups in total. The van der Waals surface area contributed by atoms with Crippen molar-refractivity contribution in [2.75, 3.05) is 13.2 Å². The smallest absolute Gasteiger partial charge is 0.306 e. The van der Waals surface area contributed by atoms with Crippen LogP contribution in [0.15, 0.2) is 158 Å². The summed E-state index contributed by atoms with van der Waals surface area (Å²) >= 11 is 0. The Balaban J connectivity index is 4.33. The van der Waals surface area contributed by atoms with Gasteiger partial charge in [0.25, 0.3) is 0 Å². The van der Waals surface area contributed by atoms with E-state index in [0.717, 1.165) is 167 Å². The fourth-order valence-electron chi connectivity index (χ4n) is 9.01. The van der Waals surface area contributed by atoms with Crippen LogP contribution in [0.3, 0.4) is 0 Å². The van der Waals surface area contributed by atoms with Gasteiger partial charge in [-0.1, -0.05) is 301 Å². The SMILES string of the molecule is CC/C=C\C/C=C\C/C=C\C/C=C\C/C=C\C/C=C\C/C=C\C/C=C\C/C=C\CCCCCCCC(=O)OCC(COC(=O)CCCCCCCCCCCCC)OC(=O)CCCCCCCCCC/C=C\C/C=C\C/C=C\C/C=C\CC. The Morgan fingerprint density at radius 3 is 0.735 bits per heavy atom. The maximum Gasteiger partial charge on any atom is 0.306 e. The predicted octanol–water partition coefficient (Wildman–Crippen LogP) is 23.7. The van der Waals surface area contributed by atoms with Gasteiger partial charge in [-0.2, -0.15) is 0 Å². The average Bonchev–Trinajstić information content (AvgIpc) is 3.48. The first-order valence-electron chi connectivity index (χ1n) is 34.0. The highest BCUT2D eigenvalue weighted by molar-refractivity contribution is 5.71. The van der Waals surface area contributed by atoms with E-state index in [1.165, 1.54) is 83.5 Å². The molecule has 0 heterocycles. The van der Waals surface area contributed by atoms with Crippen LogP contribution in [0.25, 0.3) is 0 Å². The summed E-state index contributed by atoms with van der Waals surface area (Å²) in [5, 5.41) is 0. The highest BCUT2D eigenvalue weighted by Crippen LogP contribution is 2.15. The quantitative estimate of drug-likeness (QED) is 0.0261. The molecular weight excluding hydrogens is 1020 g/mol. The molecule has 0 spiro atoms. The van der Waals surface area contributed by atoms with E-state index >= 15 is 0 Å². The Hall–Kier alpha value is -4.97. The molecule has 0 saturated heterocycles. The number of ether oxygens (including phenoxy) is 3. The summed E-state index contributed by atoms with van der Waals surface area (Å²) < 4.78 is 16.9. The van der Waals surface area contributed by atoms with Crippen LogP contribution >= 0.6 is 0 Å². The van der Waals surface area contributed by atoms with Gasteiger partial charge in [-0.25, -0.2) is 0 Å². The third-order valence-electron chi connectivity index (χ3n) is 14.0. The van der Waals surface area contributed by atoms with E-state index < -0.39 is 6.10 Å². The molecule has 0 aromatic heterocycles. The number of rotatable bonds is 60. The van der Waals surface area contributed by atoms with Crippen molar-refractivity contribution in [3.05, 3.63) is 158 Å². The van der Waals surface area contributed by atoms with Crippen molar-refractivity contribution in [1.29, 1.82) is 0 Å². The fraction of sp³-hybridized carbons (Fsp3) is 0.623. The number of carbonyl (C=O) groups is 3. The lowest BCUT2D eigenvalue weighted by molar-refractivity contribution is -0.167. The van der Waals surface area contributed by atoms with Gasteiger partial charge in [0.2, 0.25) is 0 Å². The highest BCUT2D eigenvalue weighted by Gasteiger charge is 2.19. The molecule has 0 bridgehead atoms. The number of carbonyl (C=O) groups excluding carboxylic acids is 3. The second kappa shape index (κ2) is 69.5. The molecule has 0 aliphatic carbocycles. The van der Waals surface area contributed by atoms with Gasteiger partial charge < -0.3 is 14.2 Å². The number of allylic oxidation sites excluding steroid dienone is 26. The normalized spacial score (nSPS) is 13.1. The van der Waals surface area contributed by atoms with E-state index in [4.69, 9.17) is 14.2 Å². The summed E-state index contributed by atoms with van der Waals surface area (Å²) in [6.45, 7) is 6.39. The van der Waals surface area contributed by atoms with Crippen molar-refractivity contribution < 1.29 is 28.6 Å². The lowest BCUT2D eigenvalue weighted by atomic mass is 10.1. The maximum atomic E-state index is 12.9. The molecule has 1 unspecified atom stereocenters. The van der Waals surface area contributed by atoms with E-state index in [1.807, 2.05) is 0 Å². The van der Waals surface area contributed by atoms with Crippen LogP contribution in [0.5, 0.6) is 0 Å². The van der Waals surface area contributed by atoms with Crippen molar-refractivity contribution in [3.63, 3.8) is 0 Å². The molecule has 0 aliphatic rings. The molecule has 6 heteroatoms. The molecule has 83 heavy (non-hydrogen) atoms. The van der Waals surface area contributed by atoms with E-state index in [-0.39, 0.29) is 31.1 Å². The molecule has 1 atom stereocenters. The molecule has 468 valence electrons. The molecule has 0 aromatic rings. The van der Waals surface area contributed by atoms with Crippen LogP contribution < -0.4 is 0 Å². The first-order valence-corrected chi connectivity index (χ1v) is 34.0. The topological polar surface area (TPSA) is 78.9 Å². The molecule has 0 fully saturated rings. The molecule has 0 saturated carbocycles. The molecule has 0 radical (unpaired) electrons. The third kappa shape index (κ3) is 67.7. The minimum absolute atomic E-state index is 0.0907. The Morgan fingerprint density at radius 1 is 0.253 bits per heavy atom. The van der Waals surface area contributed by atoms with Crippen molar-refractivity contribution in [2.45, 2.75) is 297 Å². The summed E-state index contributed by atoms with van der Waals surface area (Å²) in [5.74, 6) is -0.918. The first-order chi connectivity index (χ1) is 41.0. The molecule has 0 amide bonds. The van der Waals surface area contributed by atoms with Gasteiger partial charge >= 0.3 is 17.9 Å². The molecular formula is C77H124O6. The number of unbranched alkanes of at least 4 members (excludes halogenated alkanes) is 23.